The first-order valence-electron chi connectivity index (χ1n) is 8.72. The number of aliphatic imine (C=N–C) groups is 1. The van der Waals surface area contributed by atoms with Crippen LogP contribution in [0.1, 0.15) is 19.4 Å². The average Bonchev–Trinajstić information content (AvgIpc) is 2.69. The van der Waals surface area contributed by atoms with Crippen LogP contribution in [0.4, 0.5) is 0 Å². The van der Waals surface area contributed by atoms with Crippen molar-refractivity contribution in [2.75, 3.05) is 27.8 Å². The van der Waals surface area contributed by atoms with Crippen LogP contribution in [0, 0.1) is 0 Å². The van der Waals surface area contributed by atoms with Crippen molar-refractivity contribution in [2.24, 2.45) is 4.99 Å². The number of nitrogens with zero attached hydrogens (tertiary/aromatic N) is 2. The van der Waals surface area contributed by atoms with Gasteiger partial charge in [-0.3, -0.25) is 4.99 Å². The number of halogens is 1. The van der Waals surface area contributed by atoms with Crippen LogP contribution in [0.5, 0.6) is 17.4 Å². The van der Waals surface area contributed by atoms with Gasteiger partial charge in [-0.1, -0.05) is 12.1 Å². The van der Waals surface area contributed by atoms with Crippen LogP contribution in [0.15, 0.2) is 47.6 Å². The number of ether oxygens (including phenoxy) is 3. The number of methoxy groups -OCH3 is 2. The summed E-state index contributed by atoms with van der Waals surface area (Å²) in [6.45, 7) is 5.27. The Balaban J connectivity index is 0.00000392. The Kier molecular flexibility index (Phi) is 10.0. The summed E-state index contributed by atoms with van der Waals surface area (Å²) in [4.78, 5) is 8.56. The van der Waals surface area contributed by atoms with Crippen molar-refractivity contribution in [3.8, 4) is 17.4 Å². The van der Waals surface area contributed by atoms with Crippen LogP contribution < -0.4 is 20.1 Å². The van der Waals surface area contributed by atoms with Crippen molar-refractivity contribution < 1.29 is 14.2 Å². The van der Waals surface area contributed by atoms with Crippen LogP contribution in [-0.4, -0.2) is 44.4 Å². The lowest BCUT2D eigenvalue weighted by molar-refractivity contribution is 0.0268. The van der Waals surface area contributed by atoms with E-state index in [4.69, 9.17) is 14.2 Å². The van der Waals surface area contributed by atoms with E-state index < -0.39 is 0 Å². The standard InChI is InChI=1S/C20H28N4O3.HI/c1-20(2,26-5)14-24-19(21-3)23-13-15-9-10-18(22-12-15)27-17-8-6-7-16(11-17)25-4;/h6-12H,13-14H2,1-5H3,(H2,21,23,24);1H. The lowest BCUT2D eigenvalue weighted by Crippen LogP contribution is -2.45. The molecule has 0 spiro atoms. The second-order valence-electron chi connectivity index (χ2n) is 6.53. The lowest BCUT2D eigenvalue weighted by Gasteiger charge is -2.24. The molecule has 2 aromatic rings. The second-order valence-corrected chi connectivity index (χ2v) is 6.53. The van der Waals surface area contributed by atoms with Crippen LogP contribution in [0.2, 0.25) is 0 Å². The van der Waals surface area contributed by atoms with Gasteiger partial charge in [-0.05, 0) is 31.5 Å². The first kappa shape index (κ1) is 24.0. The van der Waals surface area contributed by atoms with E-state index in [1.165, 1.54) is 0 Å². The van der Waals surface area contributed by atoms with E-state index in [0.29, 0.717) is 30.7 Å². The molecule has 1 aromatic carbocycles. The maximum atomic E-state index is 5.75. The zero-order chi connectivity index (χ0) is 19.7. The summed E-state index contributed by atoms with van der Waals surface area (Å²) >= 11 is 0. The molecule has 0 unspecified atom stereocenters. The first-order valence-corrected chi connectivity index (χ1v) is 8.72. The Labute approximate surface area is 183 Å². The summed E-state index contributed by atoms with van der Waals surface area (Å²) in [5, 5.41) is 6.50. The molecule has 1 aromatic heterocycles. The molecule has 0 saturated heterocycles. The molecule has 7 nitrogen and oxygen atoms in total. The number of aromatic nitrogens is 1. The lowest BCUT2D eigenvalue weighted by atomic mass is 10.1. The van der Waals surface area contributed by atoms with E-state index in [1.54, 1.807) is 27.5 Å². The highest BCUT2D eigenvalue weighted by atomic mass is 127. The van der Waals surface area contributed by atoms with E-state index in [-0.39, 0.29) is 29.6 Å². The minimum atomic E-state index is -0.266. The maximum Gasteiger partial charge on any atom is 0.219 e. The number of benzene rings is 1. The normalized spacial score (nSPS) is 11.4. The highest BCUT2D eigenvalue weighted by Crippen LogP contribution is 2.23. The van der Waals surface area contributed by atoms with Gasteiger partial charge in [-0.2, -0.15) is 0 Å². The van der Waals surface area contributed by atoms with Crippen molar-refractivity contribution in [2.45, 2.75) is 26.0 Å². The first-order chi connectivity index (χ1) is 13.0. The smallest absolute Gasteiger partial charge is 0.219 e. The summed E-state index contributed by atoms with van der Waals surface area (Å²) in [6, 6.07) is 11.2. The van der Waals surface area contributed by atoms with Crippen molar-refractivity contribution in [3.05, 3.63) is 48.2 Å². The molecule has 0 amide bonds. The average molecular weight is 500 g/mol. The van der Waals surface area contributed by atoms with E-state index in [1.807, 2.05) is 50.2 Å². The third-order valence-corrected chi connectivity index (χ3v) is 3.98. The minimum absolute atomic E-state index is 0. The van der Waals surface area contributed by atoms with Gasteiger partial charge in [-0.25, -0.2) is 4.98 Å². The third-order valence-electron chi connectivity index (χ3n) is 3.98. The van der Waals surface area contributed by atoms with Crippen molar-refractivity contribution in [3.63, 3.8) is 0 Å². The molecule has 0 bridgehead atoms. The van der Waals surface area contributed by atoms with Gasteiger partial charge in [0.15, 0.2) is 5.96 Å². The Morgan fingerprint density at radius 1 is 1.11 bits per heavy atom. The molecule has 0 aliphatic heterocycles. The highest BCUT2D eigenvalue weighted by molar-refractivity contribution is 14.0. The van der Waals surface area contributed by atoms with Crippen LogP contribution in [0.25, 0.3) is 0 Å². The molecule has 0 saturated carbocycles. The Morgan fingerprint density at radius 3 is 2.46 bits per heavy atom. The van der Waals surface area contributed by atoms with Crippen molar-refractivity contribution in [1.82, 2.24) is 15.6 Å². The van der Waals surface area contributed by atoms with E-state index in [0.717, 1.165) is 11.3 Å². The van der Waals surface area contributed by atoms with Gasteiger partial charge in [0, 0.05) is 45.6 Å². The fourth-order valence-corrected chi connectivity index (χ4v) is 2.14. The molecule has 0 radical (unpaired) electrons. The Bertz CT molecular complexity index is 751. The van der Waals surface area contributed by atoms with Gasteiger partial charge in [0.2, 0.25) is 5.88 Å². The van der Waals surface area contributed by atoms with E-state index in [9.17, 15) is 0 Å². The molecule has 0 aliphatic rings. The molecule has 2 N–H and O–H groups in total. The van der Waals surface area contributed by atoms with Crippen LogP contribution in [-0.2, 0) is 11.3 Å². The molecule has 1 heterocycles. The monoisotopic (exact) mass is 500 g/mol. The van der Waals surface area contributed by atoms with Gasteiger partial charge in [0.25, 0.3) is 0 Å². The number of rotatable bonds is 8. The Hall–Kier alpha value is -2.07. The maximum absolute atomic E-state index is 5.75. The number of pyridine rings is 1. The second kappa shape index (κ2) is 11.7. The number of hydrogen-bond acceptors (Lipinski definition) is 5. The predicted octanol–water partition coefficient (Wildman–Crippen LogP) is 3.59. The van der Waals surface area contributed by atoms with Gasteiger partial charge in [0.05, 0.1) is 12.7 Å². The zero-order valence-electron chi connectivity index (χ0n) is 17.0. The van der Waals surface area contributed by atoms with E-state index in [2.05, 4.69) is 20.6 Å². The molecule has 2 rings (SSSR count). The molecule has 0 atom stereocenters. The molecular weight excluding hydrogens is 471 g/mol. The summed E-state index contributed by atoms with van der Waals surface area (Å²) in [5.41, 5.74) is 0.750. The molecular formula is C20H29IN4O3. The summed E-state index contributed by atoms with van der Waals surface area (Å²) in [7, 11) is 5.05. The van der Waals surface area contributed by atoms with Crippen molar-refractivity contribution >= 4 is 29.9 Å². The molecule has 8 heteroatoms. The quantitative estimate of drug-likeness (QED) is 0.328. The Morgan fingerprint density at radius 2 is 1.86 bits per heavy atom. The van der Waals surface area contributed by atoms with Crippen molar-refractivity contribution in [1.29, 1.82) is 0 Å². The summed E-state index contributed by atoms with van der Waals surface area (Å²) < 4.78 is 16.3. The minimum Gasteiger partial charge on any atom is -0.497 e. The fourth-order valence-electron chi connectivity index (χ4n) is 2.14. The van der Waals surface area contributed by atoms with Gasteiger partial charge in [0.1, 0.15) is 11.5 Å². The van der Waals surface area contributed by atoms with Gasteiger partial charge < -0.3 is 24.8 Å². The molecule has 0 fully saturated rings. The van der Waals surface area contributed by atoms with Crippen LogP contribution >= 0.6 is 24.0 Å². The van der Waals surface area contributed by atoms with E-state index >= 15 is 0 Å². The number of nitrogens with one attached hydrogen (secondary N) is 2. The SMILES string of the molecule is CN=C(NCc1ccc(Oc2cccc(OC)c2)nc1)NCC(C)(C)OC.I. The van der Waals surface area contributed by atoms with Gasteiger partial charge in [-0.15, -0.1) is 24.0 Å². The topological polar surface area (TPSA) is 77.0 Å². The van der Waals surface area contributed by atoms with Gasteiger partial charge >= 0.3 is 0 Å². The summed E-state index contributed by atoms with van der Waals surface area (Å²) in [5.74, 6) is 2.65. The predicted molar refractivity (Wildman–Crippen MR) is 122 cm³/mol. The number of hydrogen-bond donors (Lipinski definition) is 2. The summed E-state index contributed by atoms with van der Waals surface area (Å²) in [6.07, 6.45) is 1.77. The molecule has 28 heavy (non-hydrogen) atoms. The fraction of sp³-hybridized carbons (Fsp3) is 0.400. The third kappa shape index (κ3) is 7.89. The molecule has 154 valence electrons. The largest absolute Gasteiger partial charge is 0.497 e. The van der Waals surface area contributed by atoms with Crippen LogP contribution in [0.3, 0.4) is 0 Å². The zero-order valence-corrected chi connectivity index (χ0v) is 19.3. The number of guanidine groups is 1. The highest BCUT2D eigenvalue weighted by Gasteiger charge is 2.16. The molecule has 0 aliphatic carbocycles.